The van der Waals surface area contributed by atoms with Crippen molar-refractivity contribution in [3.63, 3.8) is 0 Å². The van der Waals surface area contributed by atoms with E-state index < -0.39 is 0 Å². The van der Waals surface area contributed by atoms with Crippen LogP contribution in [0.25, 0.3) is 0 Å². The van der Waals surface area contributed by atoms with Gasteiger partial charge in [0.1, 0.15) is 0 Å². The Kier molecular flexibility index (Phi) is 7.25. The average molecular weight is 287 g/mol. The van der Waals surface area contributed by atoms with Crippen LogP contribution in [0.4, 0.5) is 0 Å². The van der Waals surface area contributed by atoms with Crippen LogP contribution in [0.3, 0.4) is 0 Å². The van der Waals surface area contributed by atoms with Crippen molar-refractivity contribution < 1.29 is 19.5 Å². The Balaban J connectivity index is 0.000000253. The quantitative estimate of drug-likeness (QED) is 0.543. The van der Waals surface area contributed by atoms with Crippen molar-refractivity contribution in [2.75, 3.05) is 0 Å². The Bertz CT molecular complexity index is 314. The van der Waals surface area contributed by atoms with Crippen molar-refractivity contribution in [1.82, 2.24) is 0 Å². The maximum absolute atomic E-state index is 2.20. The van der Waals surface area contributed by atoms with E-state index in [1.807, 2.05) is 12.1 Å². The van der Waals surface area contributed by atoms with E-state index in [1.165, 1.54) is 11.1 Å². The minimum atomic E-state index is 0. The van der Waals surface area contributed by atoms with Gasteiger partial charge in [0.2, 0.25) is 0 Å². The summed E-state index contributed by atoms with van der Waals surface area (Å²) in [5, 5.41) is 0. The normalized spacial score (nSPS) is 9.07. The molecular weight excluding hydrogens is 269 g/mol. The topological polar surface area (TPSA) is 0 Å². The average Bonchev–Trinajstić information content (AvgIpc) is 2.75. The van der Waals surface area contributed by atoms with E-state index in [0.717, 1.165) is 0 Å². The van der Waals surface area contributed by atoms with Crippen molar-refractivity contribution in [2.45, 2.75) is 26.7 Å². The van der Waals surface area contributed by atoms with Gasteiger partial charge in [0.05, 0.1) is 0 Å². The maximum Gasteiger partial charge on any atom is 2.00 e. The molecule has 0 amide bonds. The largest absolute Gasteiger partial charge is 2.00 e. The molecule has 15 heavy (non-hydrogen) atoms. The van der Waals surface area contributed by atoms with Crippen LogP contribution in [0.15, 0.2) is 48.5 Å². The number of hydrogen-bond acceptors (Lipinski definition) is 0. The molecule has 0 fully saturated rings. The summed E-state index contributed by atoms with van der Waals surface area (Å²) in [6, 6.07) is 16.7. The molecule has 0 N–H and O–H groups in total. The van der Waals surface area contributed by atoms with Gasteiger partial charge in [-0.2, -0.15) is 35.4 Å². The number of aryl methyl sites for hydroxylation is 1. The molecule has 0 aliphatic carbocycles. The minimum absolute atomic E-state index is 0. The molecule has 0 bridgehead atoms. The van der Waals surface area contributed by atoms with Crippen molar-refractivity contribution in [1.29, 1.82) is 0 Å². The van der Waals surface area contributed by atoms with Gasteiger partial charge in [-0.15, -0.1) is 0 Å². The first-order chi connectivity index (χ1) is 6.70. The first-order valence-electron chi connectivity index (χ1n) is 5.10. The van der Waals surface area contributed by atoms with Gasteiger partial charge >= 0.3 is 19.5 Å². The molecular formula is C14H18Ru. The van der Waals surface area contributed by atoms with Crippen LogP contribution in [-0.2, 0) is 19.5 Å². The summed E-state index contributed by atoms with van der Waals surface area (Å²) in [4.78, 5) is 0. The summed E-state index contributed by atoms with van der Waals surface area (Å²) in [7, 11) is 0. The molecule has 0 heterocycles. The molecule has 0 aromatic heterocycles. The molecule has 0 spiro atoms. The zero-order valence-electron chi connectivity index (χ0n) is 9.55. The summed E-state index contributed by atoms with van der Waals surface area (Å²) in [5.74, 6) is 0.685. The monoisotopic (exact) mass is 288 g/mol. The van der Waals surface area contributed by atoms with E-state index >= 15 is 0 Å². The van der Waals surface area contributed by atoms with E-state index in [1.54, 1.807) is 0 Å². The van der Waals surface area contributed by atoms with Gasteiger partial charge in [-0.1, -0.05) is 20.8 Å². The fraction of sp³-hybridized carbons (Fsp3) is 0.286. The first-order valence-corrected chi connectivity index (χ1v) is 5.10. The van der Waals surface area contributed by atoms with Crippen LogP contribution in [0, 0.1) is 6.92 Å². The Hall–Kier alpha value is -0.677. The molecule has 2 rings (SSSR count). The van der Waals surface area contributed by atoms with Crippen molar-refractivity contribution in [3.8, 4) is 0 Å². The van der Waals surface area contributed by atoms with Crippen molar-refractivity contribution >= 4 is 0 Å². The third kappa shape index (κ3) is 5.69. The maximum atomic E-state index is 2.20. The second-order valence-corrected chi connectivity index (χ2v) is 3.84. The van der Waals surface area contributed by atoms with E-state index in [-0.39, 0.29) is 19.5 Å². The van der Waals surface area contributed by atoms with E-state index in [2.05, 4.69) is 57.2 Å². The van der Waals surface area contributed by atoms with Gasteiger partial charge < -0.3 is 0 Å². The zero-order chi connectivity index (χ0) is 10.4. The molecule has 0 saturated carbocycles. The summed E-state index contributed by atoms with van der Waals surface area (Å²) in [6.07, 6.45) is 0. The molecule has 0 aliphatic heterocycles. The van der Waals surface area contributed by atoms with Crippen LogP contribution in [0.2, 0.25) is 0 Å². The predicted molar refractivity (Wildman–Crippen MR) is 62.9 cm³/mol. The Morgan fingerprint density at radius 2 is 1.60 bits per heavy atom. The zero-order valence-corrected chi connectivity index (χ0v) is 11.3. The van der Waals surface area contributed by atoms with Gasteiger partial charge in [-0.05, 0) is 5.92 Å². The molecule has 0 unspecified atom stereocenters. The molecule has 0 atom stereocenters. The van der Waals surface area contributed by atoms with Gasteiger partial charge in [0, 0.05) is 0 Å². The summed E-state index contributed by atoms with van der Waals surface area (Å²) in [6.45, 7) is 6.49. The second kappa shape index (κ2) is 7.59. The van der Waals surface area contributed by atoms with Gasteiger partial charge in [-0.25, -0.2) is 24.3 Å². The molecule has 0 saturated heterocycles. The van der Waals surface area contributed by atoms with E-state index in [4.69, 9.17) is 0 Å². The van der Waals surface area contributed by atoms with Gasteiger partial charge in [0.15, 0.2) is 0 Å². The molecule has 0 nitrogen and oxygen atoms in total. The van der Waals surface area contributed by atoms with Gasteiger partial charge in [0.25, 0.3) is 0 Å². The molecule has 0 radical (unpaired) electrons. The summed E-state index contributed by atoms with van der Waals surface area (Å²) in [5.41, 5.74) is 2.78. The standard InChI is InChI=1S/C8H11.C6H7.Ru/c1-7(2)8-5-3-4-6-8;1-6-4-2-3-5-6;/h3-7H,1-2H3;2-5H,1H3;/q2*-1;+2. The van der Waals surface area contributed by atoms with Crippen LogP contribution in [0.5, 0.6) is 0 Å². The van der Waals surface area contributed by atoms with Crippen LogP contribution < -0.4 is 0 Å². The molecule has 0 aliphatic rings. The van der Waals surface area contributed by atoms with Crippen LogP contribution >= 0.6 is 0 Å². The van der Waals surface area contributed by atoms with Crippen LogP contribution in [0.1, 0.15) is 30.9 Å². The third-order valence-electron chi connectivity index (χ3n) is 2.18. The fourth-order valence-corrected chi connectivity index (χ4v) is 1.24. The van der Waals surface area contributed by atoms with Crippen molar-refractivity contribution in [2.24, 2.45) is 0 Å². The molecule has 82 valence electrons. The summed E-state index contributed by atoms with van der Waals surface area (Å²) < 4.78 is 0. The molecule has 2 aromatic rings. The van der Waals surface area contributed by atoms with Gasteiger partial charge in [-0.3, -0.25) is 0 Å². The smallest absolute Gasteiger partial charge is 0.213 e. The number of hydrogen-bond donors (Lipinski definition) is 0. The van der Waals surface area contributed by atoms with Crippen molar-refractivity contribution in [3.05, 3.63) is 59.7 Å². The predicted octanol–water partition coefficient (Wildman–Crippen LogP) is 4.24. The Morgan fingerprint density at radius 3 is 1.80 bits per heavy atom. The second-order valence-electron chi connectivity index (χ2n) is 3.84. The fourth-order valence-electron chi connectivity index (χ4n) is 1.24. The molecule has 1 heteroatoms. The minimum Gasteiger partial charge on any atom is -0.213 e. The number of rotatable bonds is 1. The first kappa shape index (κ1) is 14.3. The van der Waals surface area contributed by atoms with E-state index in [0.29, 0.717) is 5.92 Å². The SMILES string of the molecule is CC(C)c1ccc[cH-]1.Cc1ccc[cH-]1.[Ru+2]. The molecule has 2 aromatic carbocycles. The Labute approximate surface area is 106 Å². The summed E-state index contributed by atoms with van der Waals surface area (Å²) >= 11 is 0. The Morgan fingerprint density at radius 1 is 1.00 bits per heavy atom. The van der Waals surface area contributed by atoms with Crippen LogP contribution in [-0.4, -0.2) is 0 Å². The third-order valence-corrected chi connectivity index (χ3v) is 2.18. The van der Waals surface area contributed by atoms with E-state index in [9.17, 15) is 0 Å².